The number of ether oxygens (including phenoxy) is 1. The maximum Gasteiger partial charge on any atom is 0.262 e. The predicted octanol–water partition coefficient (Wildman–Crippen LogP) is 4.97. The van der Waals surface area contributed by atoms with Crippen molar-refractivity contribution in [2.24, 2.45) is 0 Å². The summed E-state index contributed by atoms with van der Waals surface area (Å²) < 4.78 is 5.68. The summed E-state index contributed by atoms with van der Waals surface area (Å²) in [4.78, 5) is 24.6. The van der Waals surface area contributed by atoms with Crippen LogP contribution in [0.3, 0.4) is 0 Å². The number of rotatable bonds is 4. The molecular weight excluding hydrogens is 350 g/mol. The summed E-state index contributed by atoms with van der Waals surface area (Å²) in [6, 6.07) is 7.46. The van der Waals surface area contributed by atoms with E-state index in [1.54, 1.807) is 12.1 Å². The normalized spacial score (nSPS) is 15.7. The molecule has 1 aliphatic rings. The first-order valence-electron chi connectivity index (χ1n) is 8.64. The Bertz CT molecular complexity index is 881. The number of hydrogen-bond acceptors (Lipinski definition) is 3. The van der Waals surface area contributed by atoms with Gasteiger partial charge in [-0.15, -0.1) is 0 Å². The van der Waals surface area contributed by atoms with Crippen LogP contribution in [0.15, 0.2) is 24.3 Å². The lowest BCUT2D eigenvalue weighted by Crippen LogP contribution is -2.21. The molecule has 1 N–H and O–H groups in total. The molecule has 0 aliphatic heterocycles. The number of aryl methyl sites for hydroxylation is 3. The Morgan fingerprint density at radius 2 is 1.96 bits per heavy atom. The van der Waals surface area contributed by atoms with E-state index in [9.17, 15) is 9.59 Å². The number of benzene rings is 2. The first-order valence-corrected chi connectivity index (χ1v) is 9.01. The number of carbonyl (C=O) groups is 2. The third-order valence-electron chi connectivity index (χ3n) is 4.74. The maximum atomic E-state index is 12.3. The fourth-order valence-electron chi connectivity index (χ4n) is 3.62. The van der Waals surface area contributed by atoms with E-state index in [-0.39, 0.29) is 24.2 Å². The topological polar surface area (TPSA) is 55.4 Å². The van der Waals surface area contributed by atoms with Crippen LogP contribution in [-0.2, 0) is 4.79 Å². The van der Waals surface area contributed by atoms with Gasteiger partial charge in [0, 0.05) is 6.42 Å². The van der Waals surface area contributed by atoms with Crippen LogP contribution in [-0.4, -0.2) is 18.3 Å². The van der Waals surface area contributed by atoms with Crippen LogP contribution in [0.5, 0.6) is 5.75 Å². The Balaban J connectivity index is 1.75. The molecule has 0 radical (unpaired) electrons. The van der Waals surface area contributed by atoms with Crippen LogP contribution < -0.4 is 10.1 Å². The van der Waals surface area contributed by atoms with Crippen molar-refractivity contribution in [3.63, 3.8) is 0 Å². The van der Waals surface area contributed by atoms with Gasteiger partial charge < -0.3 is 10.1 Å². The lowest BCUT2D eigenvalue weighted by Gasteiger charge is -2.14. The van der Waals surface area contributed by atoms with E-state index in [1.807, 2.05) is 39.8 Å². The zero-order valence-corrected chi connectivity index (χ0v) is 16.2. The minimum absolute atomic E-state index is 0.0732. The van der Waals surface area contributed by atoms with Gasteiger partial charge in [-0.1, -0.05) is 30.7 Å². The molecule has 26 heavy (non-hydrogen) atoms. The zero-order valence-electron chi connectivity index (χ0n) is 15.4. The van der Waals surface area contributed by atoms with Crippen molar-refractivity contribution in [1.29, 1.82) is 0 Å². The Labute approximate surface area is 158 Å². The number of ketones is 1. The highest BCUT2D eigenvalue weighted by Gasteiger charge is 2.31. The van der Waals surface area contributed by atoms with Gasteiger partial charge in [-0.05, 0) is 61.1 Å². The van der Waals surface area contributed by atoms with E-state index in [4.69, 9.17) is 16.3 Å². The largest absolute Gasteiger partial charge is 0.483 e. The molecule has 0 heterocycles. The Morgan fingerprint density at radius 1 is 1.23 bits per heavy atom. The summed E-state index contributed by atoms with van der Waals surface area (Å²) in [5, 5.41) is 3.29. The zero-order chi connectivity index (χ0) is 19.0. The molecule has 0 unspecified atom stereocenters. The summed E-state index contributed by atoms with van der Waals surface area (Å²) in [5.41, 5.74) is 5.25. The lowest BCUT2D eigenvalue weighted by molar-refractivity contribution is -0.118. The molecule has 0 aromatic heterocycles. The lowest BCUT2D eigenvalue weighted by atomic mass is 9.97. The molecule has 4 nitrogen and oxygen atoms in total. The summed E-state index contributed by atoms with van der Waals surface area (Å²) in [6.45, 7) is 7.69. The van der Waals surface area contributed by atoms with E-state index in [2.05, 4.69) is 5.32 Å². The number of hydrogen-bond donors (Lipinski definition) is 1. The van der Waals surface area contributed by atoms with E-state index in [1.165, 1.54) is 0 Å². The third-order valence-corrected chi connectivity index (χ3v) is 5.04. The maximum absolute atomic E-state index is 12.3. The third kappa shape index (κ3) is 3.47. The second kappa shape index (κ2) is 7.12. The Kier molecular flexibility index (Phi) is 5.05. The van der Waals surface area contributed by atoms with Gasteiger partial charge >= 0.3 is 0 Å². The number of Topliss-reactive ketones (excluding diaryl/α,β-unsaturated/α-hetero) is 1. The summed E-state index contributed by atoms with van der Waals surface area (Å²) in [6.07, 6.45) is 0.487. The van der Waals surface area contributed by atoms with Crippen LogP contribution in [0, 0.1) is 20.8 Å². The molecule has 1 amide bonds. The first kappa shape index (κ1) is 18.5. The number of nitrogens with one attached hydrogen (secondary N) is 1. The Hall–Kier alpha value is -2.33. The SMILES string of the molecule is Cc1cc(C)c(NC(=O)COc2ccc(C)c3c2C(=O)C[C@H]3C)c(Cl)c1. The van der Waals surface area contributed by atoms with Crippen LogP contribution in [0.2, 0.25) is 5.02 Å². The minimum atomic E-state index is -0.313. The van der Waals surface area contributed by atoms with Gasteiger partial charge in [-0.25, -0.2) is 0 Å². The van der Waals surface area contributed by atoms with Gasteiger partial charge in [-0.3, -0.25) is 9.59 Å². The molecule has 0 saturated carbocycles. The average molecular weight is 372 g/mol. The van der Waals surface area contributed by atoms with Gasteiger partial charge in [0.15, 0.2) is 12.4 Å². The van der Waals surface area contributed by atoms with E-state index in [0.717, 1.165) is 22.3 Å². The molecule has 2 aromatic carbocycles. The average Bonchev–Trinajstić information content (AvgIpc) is 2.86. The van der Waals surface area contributed by atoms with E-state index >= 15 is 0 Å². The quantitative estimate of drug-likeness (QED) is 0.825. The smallest absolute Gasteiger partial charge is 0.262 e. The van der Waals surface area contributed by atoms with Crippen molar-refractivity contribution in [3.8, 4) is 5.75 Å². The second-order valence-electron chi connectivity index (χ2n) is 6.97. The number of carbonyl (C=O) groups excluding carboxylic acids is 2. The van der Waals surface area contributed by atoms with Gasteiger partial charge in [0.1, 0.15) is 5.75 Å². The van der Waals surface area contributed by atoms with E-state index in [0.29, 0.717) is 28.4 Å². The van der Waals surface area contributed by atoms with Crippen LogP contribution in [0.25, 0.3) is 0 Å². The summed E-state index contributed by atoms with van der Waals surface area (Å²) in [5.74, 6) is 0.418. The molecular formula is C21H22ClNO3. The van der Waals surface area contributed by atoms with E-state index < -0.39 is 0 Å². The monoisotopic (exact) mass is 371 g/mol. The Morgan fingerprint density at radius 3 is 2.65 bits per heavy atom. The van der Waals surface area contributed by atoms with Crippen LogP contribution in [0.1, 0.15) is 51.9 Å². The van der Waals surface area contributed by atoms with Crippen molar-refractivity contribution in [3.05, 3.63) is 57.1 Å². The highest BCUT2D eigenvalue weighted by atomic mass is 35.5. The standard InChI is InChI=1S/C21H22ClNO3/c1-11-7-14(4)21(15(22)8-11)23-18(25)10-26-17-6-5-12(2)19-13(3)9-16(24)20(17)19/h5-8,13H,9-10H2,1-4H3,(H,23,25)/t13-/m1/s1. The molecule has 3 rings (SSSR count). The molecule has 0 saturated heterocycles. The molecule has 1 atom stereocenters. The molecule has 2 aromatic rings. The number of anilines is 1. The molecule has 1 aliphatic carbocycles. The predicted molar refractivity (Wildman–Crippen MR) is 104 cm³/mol. The number of fused-ring (bicyclic) bond motifs is 1. The van der Waals surface area contributed by atoms with Crippen molar-refractivity contribution < 1.29 is 14.3 Å². The molecule has 5 heteroatoms. The molecule has 136 valence electrons. The van der Waals surface area contributed by atoms with Crippen molar-refractivity contribution in [1.82, 2.24) is 0 Å². The number of halogens is 1. The minimum Gasteiger partial charge on any atom is -0.483 e. The van der Waals surface area contributed by atoms with Gasteiger partial charge in [0.05, 0.1) is 16.3 Å². The molecule has 0 bridgehead atoms. The molecule has 0 spiro atoms. The first-order chi connectivity index (χ1) is 12.3. The molecule has 0 fully saturated rings. The second-order valence-corrected chi connectivity index (χ2v) is 7.38. The van der Waals surface area contributed by atoms with Crippen molar-refractivity contribution >= 4 is 29.0 Å². The van der Waals surface area contributed by atoms with Crippen LogP contribution in [0.4, 0.5) is 5.69 Å². The summed E-state index contributed by atoms with van der Waals surface area (Å²) >= 11 is 6.23. The van der Waals surface area contributed by atoms with Crippen molar-refractivity contribution in [2.45, 2.75) is 40.0 Å². The van der Waals surface area contributed by atoms with Crippen molar-refractivity contribution in [2.75, 3.05) is 11.9 Å². The van der Waals surface area contributed by atoms with Gasteiger partial charge in [0.25, 0.3) is 5.91 Å². The van der Waals surface area contributed by atoms with Crippen LogP contribution >= 0.6 is 11.6 Å². The van der Waals surface area contributed by atoms with Gasteiger partial charge in [0.2, 0.25) is 0 Å². The fourth-order valence-corrected chi connectivity index (χ4v) is 3.99. The highest BCUT2D eigenvalue weighted by molar-refractivity contribution is 6.34. The fraction of sp³-hybridized carbons (Fsp3) is 0.333. The summed E-state index contributed by atoms with van der Waals surface area (Å²) in [7, 11) is 0. The van der Waals surface area contributed by atoms with Gasteiger partial charge in [-0.2, -0.15) is 0 Å². The number of amides is 1. The highest BCUT2D eigenvalue weighted by Crippen LogP contribution is 2.40.